The number of ether oxygens (including phenoxy) is 1. The van der Waals surface area contributed by atoms with Crippen LogP contribution in [0.4, 0.5) is 0 Å². The molecule has 1 aliphatic carbocycles. The highest BCUT2D eigenvalue weighted by Gasteiger charge is 2.45. The number of hydrogen-bond donors (Lipinski definition) is 1. The van der Waals surface area contributed by atoms with E-state index in [9.17, 15) is 14.7 Å². The lowest BCUT2D eigenvalue weighted by molar-refractivity contribution is -0.144. The second kappa shape index (κ2) is 8.95. The molecule has 2 aliphatic rings. The lowest BCUT2D eigenvalue weighted by Crippen LogP contribution is -2.48. The van der Waals surface area contributed by atoms with Gasteiger partial charge in [0.2, 0.25) is 5.91 Å². The average molecular weight is 389 g/mol. The van der Waals surface area contributed by atoms with Gasteiger partial charge in [0.1, 0.15) is 18.4 Å². The number of rotatable bonds is 7. The van der Waals surface area contributed by atoms with Crippen molar-refractivity contribution in [2.75, 3.05) is 26.7 Å². The van der Waals surface area contributed by atoms with Crippen molar-refractivity contribution in [3.63, 3.8) is 0 Å². The van der Waals surface area contributed by atoms with Crippen LogP contribution in [0.15, 0.2) is 18.2 Å². The summed E-state index contributed by atoms with van der Waals surface area (Å²) < 4.78 is 5.80. The highest BCUT2D eigenvalue weighted by molar-refractivity contribution is 5.80. The number of likely N-dealkylation sites (N-methyl/N-ethyl adjacent to an activating group) is 1. The smallest absolute Gasteiger partial charge is 0.320 e. The third-order valence-corrected chi connectivity index (χ3v) is 6.14. The molecule has 6 nitrogen and oxygen atoms in total. The standard InChI is InChI=1S/C22H32N2O4/c1-15-10-16(2)12-18(11-15)28-9-8-23(3)21(25)14-24-19-7-5-4-6-17(19)13-20(24)22(26)27/h10-12,17,19-20H,4-9,13-14H2,1-3H3,(H,26,27). The van der Waals surface area contributed by atoms with Gasteiger partial charge >= 0.3 is 5.97 Å². The largest absolute Gasteiger partial charge is 0.492 e. The Morgan fingerprint density at radius 1 is 1.18 bits per heavy atom. The Labute approximate surface area is 167 Å². The summed E-state index contributed by atoms with van der Waals surface area (Å²) >= 11 is 0. The van der Waals surface area contributed by atoms with Gasteiger partial charge in [0.05, 0.1) is 13.1 Å². The zero-order valence-corrected chi connectivity index (χ0v) is 17.2. The van der Waals surface area contributed by atoms with Gasteiger partial charge in [-0.25, -0.2) is 0 Å². The highest BCUT2D eigenvalue weighted by Crippen LogP contribution is 2.39. The monoisotopic (exact) mass is 388 g/mol. The molecule has 1 aromatic carbocycles. The molecule has 0 bridgehead atoms. The van der Waals surface area contributed by atoms with Crippen molar-refractivity contribution in [2.24, 2.45) is 5.92 Å². The van der Waals surface area contributed by atoms with E-state index in [0.29, 0.717) is 25.5 Å². The first-order valence-corrected chi connectivity index (χ1v) is 10.3. The Kier molecular flexibility index (Phi) is 6.60. The molecule has 3 unspecified atom stereocenters. The molecule has 1 amide bonds. The minimum absolute atomic E-state index is 0.0403. The number of amides is 1. The summed E-state index contributed by atoms with van der Waals surface area (Å²) in [6.07, 6.45) is 5.05. The molecule has 154 valence electrons. The summed E-state index contributed by atoms with van der Waals surface area (Å²) in [6, 6.07) is 5.77. The molecule has 0 spiro atoms. The van der Waals surface area contributed by atoms with E-state index in [0.717, 1.165) is 36.1 Å². The van der Waals surface area contributed by atoms with Crippen LogP contribution in [0.25, 0.3) is 0 Å². The number of likely N-dealkylation sites (tertiary alicyclic amines) is 1. The normalized spacial score (nSPS) is 24.6. The van der Waals surface area contributed by atoms with Crippen molar-refractivity contribution in [3.05, 3.63) is 29.3 Å². The van der Waals surface area contributed by atoms with Crippen LogP contribution in [0, 0.1) is 19.8 Å². The maximum absolute atomic E-state index is 12.7. The lowest BCUT2D eigenvalue weighted by Gasteiger charge is -2.33. The SMILES string of the molecule is Cc1cc(C)cc(OCCN(C)C(=O)CN2C(C(=O)O)CC3CCCCC32)c1. The average Bonchev–Trinajstić information content (AvgIpc) is 3.00. The van der Waals surface area contributed by atoms with Gasteiger partial charge in [0.25, 0.3) is 0 Å². The zero-order chi connectivity index (χ0) is 20.3. The second-order valence-corrected chi connectivity index (χ2v) is 8.36. The van der Waals surface area contributed by atoms with Crippen LogP contribution in [0.5, 0.6) is 5.75 Å². The molecule has 1 aliphatic heterocycles. The van der Waals surface area contributed by atoms with E-state index in [1.807, 2.05) is 30.9 Å². The molecule has 0 aromatic heterocycles. The molecule has 0 radical (unpaired) electrons. The van der Waals surface area contributed by atoms with Crippen molar-refractivity contribution in [1.29, 1.82) is 0 Å². The Bertz CT molecular complexity index is 700. The number of fused-ring (bicyclic) bond motifs is 1. The number of carboxylic acid groups (broad SMARTS) is 1. The topological polar surface area (TPSA) is 70.1 Å². The maximum Gasteiger partial charge on any atom is 0.320 e. The maximum atomic E-state index is 12.7. The number of carbonyl (C=O) groups excluding carboxylic acids is 1. The number of carboxylic acids is 1. The van der Waals surface area contributed by atoms with Crippen molar-refractivity contribution >= 4 is 11.9 Å². The van der Waals surface area contributed by atoms with E-state index in [1.54, 1.807) is 11.9 Å². The van der Waals surface area contributed by atoms with Gasteiger partial charge < -0.3 is 14.7 Å². The molecule has 3 rings (SSSR count). The number of carbonyl (C=O) groups is 2. The summed E-state index contributed by atoms with van der Waals surface area (Å²) in [5, 5.41) is 9.61. The van der Waals surface area contributed by atoms with Crippen LogP contribution in [-0.2, 0) is 9.59 Å². The highest BCUT2D eigenvalue weighted by atomic mass is 16.5. The molecule has 3 atom stereocenters. The van der Waals surface area contributed by atoms with Gasteiger partial charge in [0, 0.05) is 13.1 Å². The Morgan fingerprint density at radius 2 is 1.86 bits per heavy atom. The molecule has 1 heterocycles. The lowest BCUT2D eigenvalue weighted by atomic mass is 9.85. The van der Waals surface area contributed by atoms with Crippen LogP contribution in [0.3, 0.4) is 0 Å². The van der Waals surface area contributed by atoms with Crippen molar-refractivity contribution in [3.8, 4) is 5.75 Å². The molecule has 28 heavy (non-hydrogen) atoms. The molecule has 6 heteroatoms. The molecule has 1 saturated carbocycles. The fourth-order valence-electron chi connectivity index (χ4n) is 4.74. The van der Waals surface area contributed by atoms with Gasteiger partial charge in [-0.1, -0.05) is 18.9 Å². The molecule has 1 aromatic rings. The summed E-state index contributed by atoms with van der Waals surface area (Å²) in [5.41, 5.74) is 2.30. The first kappa shape index (κ1) is 20.6. The van der Waals surface area contributed by atoms with Gasteiger partial charge in [-0.15, -0.1) is 0 Å². The van der Waals surface area contributed by atoms with Crippen LogP contribution in [0.1, 0.15) is 43.2 Å². The van der Waals surface area contributed by atoms with Crippen molar-refractivity contribution in [2.45, 2.75) is 58.0 Å². The number of hydrogen-bond acceptors (Lipinski definition) is 4. The third-order valence-electron chi connectivity index (χ3n) is 6.14. The molecule has 1 saturated heterocycles. The predicted octanol–water partition coefficient (Wildman–Crippen LogP) is 2.86. The fraction of sp³-hybridized carbons (Fsp3) is 0.636. The van der Waals surface area contributed by atoms with Gasteiger partial charge in [-0.3, -0.25) is 14.5 Å². The minimum atomic E-state index is -0.803. The summed E-state index contributed by atoms with van der Waals surface area (Å²) in [5.74, 6) is 0.388. The number of nitrogens with zero attached hydrogens (tertiary/aromatic N) is 2. The number of aliphatic carboxylic acids is 1. The van der Waals surface area contributed by atoms with Gasteiger partial charge in [-0.05, 0) is 62.3 Å². The van der Waals surface area contributed by atoms with Crippen LogP contribution < -0.4 is 4.74 Å². The summed E-state index contributed by atoms with van der Waals surface area (Å²) in [7, 11) is 1.76. The fourth-order valence-corrected chi connectivity index (χ4v) is 4.74. The molecular weight excluding hydrogens is 356 g/mol. The van der Waals surface area contributed by atoms with Crippen LogP contribution in [0.2, 0.25) is 0 Å². The van der Waals surface area contributed by atoms with Gasteiger partial charge in [-0.2, -0.15) is 0 Å². The Morgan fingerprint density at radius 3 is 2.54 bits per heavy atom. The first-order valence-electron chi connectivity index (χ1n) is 10.3. The number of aryl methyl sites for hydroxylation is 2. The zero-order valence-electron chi connectivity index (χ0n) is 17.2. The third kappa shape index (κ3) is 4.85. The first-order chi connectivity index (χ1) is 13.3. The quantitative estimate of drug-likeness (QED) is 0.778. The van der Waals surface area contributed by atoms with E-state index in [-0.39, 0.29) is 18.5 Å². The molecule has 1 N–H and O–H groups in total. The van der Waals surface area contributed by atoms with E-state index >= 15 is 0 Å². The van der Waals surface area contributed by atoms with Crippen LogP contribution >= 0.6 is 0 Å². The van der Waals surface area contributed by atoms with Crippen molar-refractivity contribution < 1.29 is 19.4 Å². The predicted molar refractivity (Wildman–Crippen MR) is 108 cm³/mol. The second-order valence-electron chi connectivity index (χ2n) is 8.36. The minimum Gasteiger partial charge on any atom is -0.492 e. The van der Waals surface area contributed by atoms with E-state index in [2.05, 4.69) is 6.07 Å². The molecule has 2 fully saturated rings. The van der Waals surface area contributed by atoms with Gasteiger partial charge in [0.15, 0.2) is 0 Å². The number of benzene rings is 1. The summed E-state index contributed by atoms with van der Waals surface area (Å²) in [6.45, 7) is 5.13. The Hall–Kier alpha value is -2.08. The summed E-state index contributed by atoms with van der Waals surface area (Å²) in [4.78, 5) is 28.0. The molecular formula is C22H32N2O4. The van der Waals surface area contributed by atoms with E-state index in [1.165, 1.54) is 6.42 Å². The Balaban J connectivity index is 1.53. The van der Waals surface area contributed by atoms with E-state index < -0.39 is 12.0 Å². The van der Waals surface area contributed by atoms with E-state index in [4.69, 9.17) is 4.74 Å². The van der Waals surface area contributed by atoms with Crippen LogP contribution in [-0.4, -0.2) is 65.6 Å². The van der Waals surface area contributed by atoms with Crippen molar-refractivity contribution in [1.82, 2.24) is 9.80 Å².